The molecular weight excluding hydrogens is 453 g/mol. The number of carbonyl (C=O) groups excluding carboxylic acids is 1. The quantitative estimate of drug-likeness (QED) is 0.338. The summed E-state index contributed by atoms with van der Waals surface area (Å²) in [6.45, 7) is 0.592. The van der Waals surface area contributed by atoms with Crippen molar-refractivity contribution in [1.82, 2.24) is 14.8 Å². The van der Waals surface area contributed by atoms with Gasteiger partial charge in [0.15, 0.2) is 5.82 Å². The standard InChI is InChI=1S/C25H24FN5O4/c1-33-13-14-35-25-29-23(21-11-3-4-12-22(21)26)31(30-25)19-9-5-7-17(15-19)27-24(32)28-18-8-6-10-20(16-18)34-2/h3-12,15-16H,13-14H2,1-2H3,(H2,27,28,32). The van der Waals surface area contributed by atoms with Gasteiger partial charge < -0.3 is 24.8 Å². The Morgan fingerprint density at radius 1 is 0.943 bits per heavy atom. The summed E-state index contributed by atoms with van der Waals surface area (Å²) in [5.41, 5.74) is 1.89. The van der Waals surface area contributed by atoms with Crippen LogP contribution >= 0.6 is 0 Å². The molecule has 0 unspecified atom stereocenters. The van der Waals surface area contributed by atoms with E-state index < -0.39 is 11.8 Å². The Morgan fingerprint density at radius 2 is 1.69 bits per heavy atom. The summed E-state index contributed by atoms with van der Waals surface area (Å²) in [6.07, 6.45) is 0. The van der Waals surface area contributed by atoms with Gasteiger partial charge in [0.1, 0.15) is 18.2 Å². The zero-order valence-corrected chi connectivity index (χ0v) is 19.2. The predicted molar refractivity (Wildman–Crippen MR) is 130 cm³/mol. The van der Waals surface area contributed by atoms with Crippen molar-refractivity contribution < 1.29 is 23.4 Å². The van der Waals surface area contributed by atoms with Crippen LogP contribution in [0.1, 0.15) is 0 Å². The minimum absolute atomic E-state index is 0.0782. The van der Waals surface area contributed by atoms with Crippen LogP contribution in [0.5, 0.6) is 11.8 Å². The second-order valence-electron chi connectivity index (χ2n) is 7.31. The molecule has 0 atom stereocenters. The first kappa shape index (κ1) is 23.7. The minimum atomic E-state index is -0.448. The summed E-state index contributed by atoms with van der Waals surface area (Å²) in [7, 11) is 3.11. The molecule has 10 heteroatoms. The van der Waals surface area contributed by atoms with Crippen LogP contribution in [0.3, 0.4) is 0 Å². The smallest absolute Gasteiger partial charge is 0.336 e. The minimum Gasteiger partial charge on any atom is -0.497 e. The topological polar surface area (TPSA) is 99.5 Å². The fraction of sp³-hybridized carbons (Fsp3) is 0.160. The third kappa shape index (κ3) is 5.92. The van der Waals surface area contributed by atoms with Crippen molar-refractivity contribution in [2.45, 2.75) is 0 Å². The van der Waals surface area contributed by atoms with E-state index in [0.29, 0.717) is 29.4 Å². The predicted octanol–water partition coefficient (Wildman–Crippen LogP) is 4.75. The second kappa shape index (κ2) is 11.1. The number of nitrogens with one attached hydrogen (secondary N) is 2. The number of benzene rings is 3. The van der Waals surface area contributed by atoms with Gasteiger partial charge in [-0.1, -0.05) is 24.3 Å². The first-order valence-corrected chi connectivity index (χ1v) is 10.7. The van der Waals surface area contributed by atoms with Gasteiger partial charge in [-0.15, -0.1) is 5.10 Å². The van der Waals surface area contributed by atoms with Crippen LogP contribution in [-0.4, -0.2) is 48.2 Å². The van der Waals surface area contributed by atoms with E-state index >= 15 is 0 Å². The van der Waals surface area contributed by atoms with Crippen molar-refractivity contribution >= 4 is 17.4 Å². The Bertz CT molecular complexity index is 1310. The van der Waals surface area contributed by atoms with Gasteiger partial charge in [-0.05, 0) is 42.5 Å². The number of rotatable bonds is 9. The van der Waals surface area contributed by atoms with E-state index in [1.165, 1.54) is 10.7 Å². The van der Waals surface area contributed by atoms with Crippen molar-refractivity contribution in [3.8, 4) is 28.8 Å². The Kier molecular flexibility index (Phi) is 7.53. The van der Waals surface area contributed by atoms with Gasteiger partial charge in [0, 0.05) is 24.6 Å². The van der Waals surface area contributed by atoms with Crippen LogP contribution in [0.15, 0.2) is 72.8 Å². The van der Waals surface area contributed by atoms with Crippen LogP contribution in [0.25, 0.3) is 17.1 Å². The van der Waals surface area contributed by atoms with Crippen LogP contribution in [0.4, 0.5) is 20.6 Å². The maximum Gasteiger partial charge on any atom is 0.336 e. The first-order valence-electron chi connectivity index (χ1n) is 10.7. The fourth-order valence-corrected chi connectivity index (χ4v) is 3.28. The van der Waals surface area contributed by atoms with E-state index in [2.05, 4.69) is 20.7 Å². The average molecular weight is 477 g/mol. The summed E-state index contributed by atoms with van der Waals surface area (Å²) in [4.78, 5) is 16.9. The third-order valence-electron chi connectivity index (χ3n) is 4.90. The SMILES string of the molecule is COCCOc1nc(-c2ccccc2F)n(-c2cccc(NC(=O)Nc3cccc(OC)c3)c2)n1. The molecule has 4 rings (SSSR count). The second-order valence-corrected chi connectivity index (χ2v) is 7.31. The van der Waals surface area contributed by atoms with Gasteiger partial charge >= 0.3 is 12.0 Å². The highest BCUT2D eigenvalue weighted by molar-refractivity contribution is 6.00. The molecule has 180 valence electrons. The van der Waals surface area contributed by atoms with Crippen LogP contribution in [-0.2, 0) is 4.74 Å². The highest BCUT2D eigenvalue weighted by Crippen LogP contribution is 2.27. The lowest BCUT2D eigenvalue weighted by Crippen LogP contribution is -2.19. The Hall–Kier alpha value is -4.44. The number of anilines is 2. The molecule has 0 saturated carbocycles. The lowest BCUT2D eigenvalue weighted by molar-refractivity contribution is 0.141. The van der Waals surface area contributed by atoms with E-state index in [0.717, 1.165) is 0 Å². The molecule has 9 nitrogen and oxygen atoms in total. The molecule has 35 heavy (non-hydrogen) atoms. The molecule has 3 aromatic carbocycles. The van der Waals surface area contributed by atoms with Gasteiger partial charge in [0.25, 0.3) is 0 Å². The fourth-order valence-electron chi connectivity index (χ4n) is 3.28. The van der Waals surface area contributed by atoms with Crippen LogP contribution < -0.4 is 20.1 Å². The first-order chi connectivity index (χ1) is 17.1. The lowest BCUT2D eigenvalue weighted by Gasteiger charge is -2.11. The third-order valence-corrected chi connectivity index (χ3v) is 4.90. The van der Waals surface area contributed by atoms with Crippen molar-refractivity contribution in [1.29, 1.82) is 0 Å². The largest absolute Gasteiger partial charge is 0.497 e. The zero-order valence-electron chi connectivity index (χ0n) is 19.2. The maximum atomic E-state index is 14.6. The number of urea groups is 1. The number of hydrogen-bond acceptors (Lipinski definition) is 6. The Labute approximate surface area is 201 Å². The number of methoxy groups -OCH3 is 2. The Morgan fingerprint density at radius 3 is 2.43 bits per heavy atom. The molecule has 4 aromatic rings. The van der Waals surface area contributed by atoms with Crippen LogP contribution in [0, 0.1) is 5.82 Å². The van der Waals surface area contributed by atoms with Crippen molar-refractivity contribution in [3.63, 3.8) is 0 Å². The van der Waals surface area contributed by atoms with E-state index in [1.807, 2.05) is 0 Å². The van der Waals surface area contributed by atoms with E-state index in [4.69, 9.17) is 14.2 Å². The molecule has 0 spiro atoms. The molecule has 0 saturated heterocycles. The molecule has 0 bridgehead atoms. The van der Waals surface area contributed by atoms with Gasteiger partial charge in [-0.3, -0.25) is 0 Å². The molecule has 0 aliphatic heterocycles. The molecule has 0 aliphatic rings. The molecule has 0 fully saturated rings. The van der Waals surface area contributed by atoms with Crippen molar-refractivity contribution in [2.75, 3.05) is 38.1 Å². The summed E-state index contributed by atoms with van der Waals surface area (Å²) in [5.74, 6) is 0.435. The molecule has 0 radical (unpaired) electrons. The summed E-state index contributed by atoms with van der Waals surface area (Å²) in [6, 6.07) is 19.9. The molecular formula is C25H24FN5O4. The average Bonchev–Trinajstić information content (AvgIpc) is 3.28. The van der Waals surface area contributed by atoms with Crippen molar-refractivity contribution in [2.24, 2.45) is 0 Å². The lowest BCUT2D eigenvalue weighted by atomic mass is 10.2. The highest BCUT2D eigenvalue weighted by atomic mass is 19.1. The van der Waals surface area contributed by atoms with E-state index in [1.54, 1.807) is 80.9 Å². The van der Waals surface area contributed by atoms with E-state index in [-0.39, 0.29) is 24.0 Å². The van der Waals surface area contributed by atoms with Gasteiger partial charge in [-0.25, -0.2) is 13.9 Å². The Balaban J connectivity index is 1.60. The van der Waals surface area contributed by atoms with Gasteiger partial charge in [-0.2, -0.15) is 4.98 Å². The maximum absolute atomic E-state index is 14.6. The summed E-state index contributed by atoms with van der Waals surface area (Å²) >= 11 is 0. The number of hydrogen-bond donors (Lipinski definition) is 2. The molecule has 0 aliphatic carbocycles. The summed E-state index contributed by atoms with van der Waals surface area (Å²) in [5, 5.41) is 9.93. The molecule has 1 heterocycles. The molecule has 2 amide bonds. The number of carbonyl (C=O) groups is 1. The summed E-state index contributed by atoms with van der Waals surface area (Å²) < 4.78 is 31.8. The number of nitrogens with zero attached hydrogens (tertiary/aromatic N) is 3. The monoisotopic (exact) mass is 477 g/mol. The zero-order chi connectivity index (χ0) is 24.6. The van der Waals surface area contributed by atoms with Gasteiger partial charge in [0.2, 0.25) is 0 Å². The number of ether oxygens (including phenoxy) is 3. The molecule has 1 aromatic heterocycles. The number of halogens is 1. The van der Waals surface area contributed by atoms with Crippen LogP contribution in [0.2, 0.25) is 0 Å². The molecule has 2 N–H and O–H groups in total. The number of amides is 2. The highest BCUT2D eigenvalue weighted by Gasteiger charge is 2.18. The van der Waals surface area contributed by atoms with E-state index in [9.17, 15) is 9.18 Å². The normalized spacial score (nSPS) is 10.6. The van der Waals surface area contributed by atoms with Gasteiger partial charge in [0.05, 0.1) is 25.0 Å². The van der Waals surface area contributed by atoms with Crippen molar-refractivity contribution in [3.05, 3.63) is 78.6 Å². The number of aromatic nitrogens is 3.